The van der Waals surface area contributed by atoms with Crippen LogP contribution in [0.3, 0.4) is 0 Å². The minimum atomic E-state index is -0.205. The molecule has 0 aliphatic carbocycles. The summed E-state index contributed by atoms with van der Waals surface area (Å²) in [4.78, 5) is 24.2. The van der Waals surface area contributed by atoms with Crippen molar-refractivity contribution in [2.24, 2.45) is 0 Å². The maximum absolute atomic E-state index is 12.3. The molecule has 4 rings (SSSR count). The molecule has 0 radical (unpaired) electrons. The highest BCUT2D eigenvalue weighted by Gasteiger charge is 2.21. The highest BCUT2D eigenvalue weighted by Crippen LogP contribution is 2.29. The Kier molecular flexibility index (Phi) is 7.87. The van der Waals surface area contributed by atoms with Gasteiger partial charge in [0, 0.05) is 25.4 Å². The van der Waals surface area contributed by atoms with Crippen LogP contribution in [0.25, 0.3) is 11.0 Å². The summed E-state index contributed by atoms with van der Waals surface area (Å²) in [5.41, 5.74) is 0.810. The number of benzene rings is 1. The summed E-state index contributed by atoms with van der Waals surface area (Å²) in [5, 5.41) is 9.17. The highest BCUT2D eigenvalue weighted by molar-refractivity contribution is 7.99. The van der Waals surface area contributed by atoms with Crippen molar-refractivity contribution >= 4 is 34.5 Å². The molecule has 176 valence electrons. The van der Waals surface area contributed by atoms with Crippen molar-refractivity contribution in [3.8, 4) is 11.5 Å². The molecular formula is C23H30N6O3S. The van der Waals surface area contributed by atoms with Crippen LogP contribution in [0, 0.1) is 0 Å². The van der Waals surface area contributed by atoms with Crippen molar-refractivity contribution in [3.05, 3.63) is 30.5 Å². The second-order valence-electron chi connectivity index (χ2n) is 7.77. The first-order valence-electron chi connectivity index (χ1n) is 11.3. The monoisotopic (exact) mass is 470 g/mol. The molecule has 1 aromatic carbocycles. The number of amides is 1. The van der Waals surface area contributed by atoms with E-state index in [-0.39, 0.29) is 12.5 Å². The number of nitrogens with zero attached hydrogens (tertiary/aromatic N) is 5. The number of rotatable bonds is 11. The standard InChI is InChI=1S/C23H30N6O3S/c1-3-14-33-23-26-21(28-11-6-7-12-28)17-15-25-29(22(17)27-23)13-10-24-20(30)16-32-19-9-5-4-8-18(19)31-2/h4-5,8-9,15H,3,6-7,10-14,16H2,1-2H3,(H,24,30). The van der Waals surface area contributed by atoms with Gasteiger partial charge >= 0.3 is 0 Å². The van der Waals surface area contributed by atoms with Crippen LogP contribution in [0.1, 0.15) is 26.2 Å². The lowest BCUT2D eigenvalue weighted by Gasteiger charge is -2.18. The Morgan fingerprint density at radius 1 is 1.18 bits per heavy atom. The van der Waals surface area contributed by atoms with Gasteiger partial charge in [-0.15, -0.1) is 0 Å². The predicted molar refractivity (Wildman–Crippen MR) is 129 cm³/mol. The van der Waals surface area contributed by atoms with E-state index in [2.05, 4.69) is 22.2 Å². The number of fused-ring (bicyclic) bond motifs is 1. The SMILES string of the molecule is CCCSc1nc(N2CCCC2)c2cnn(CCNC(=O)COc3ccccc3OC)c2n1. The molecule has 33 heavy (non-hydrogen) atoms. The van der Waals surface area contributed by atoms with Crippen molar-refractivity contribution in [2.45, 2.75) is 37.9 Å². The van der Waals surface area contributed by atoms with Gasteiger partial charge in [0.2, 0.25) is 0 Å². The smallest absolute Gasteiger partial charge is 0.258 e. The topological polar surface area (TPSA) is 94.4 Å². The van der Waals surface area contributed by atoms with Gasteiger partial charge in [0.15, 0.2) is 28.9 Å². The number of ether oxygens (including phenoxy) is 2. The Bertz CT molecular complexity index is 1080. The molecule has 3 aromatic rings. The van der Waals surface area contributed by atoms with E-state index in [0.717, 1.165) is 47.3 Å². The molecule has 2 aromatic heterocycles. The minimum Gasteiger partial charge on any atom is -0.493 e. The fourth-order valence-electron chi connectivity index (χ4n) is 3.75. The van der Waals surface area contributed by atoms with Crippen LogP contribution >= 0.6 is 11.8 Å². The van der Waals surface area contributed by atoms with Gasteiger partial charge < -0.3 is 19.7 Å². The Labute approximate surface area is 197 Å². The van der Waals surface area contributed by atoms with E-state index in [1.54, 1.807) is 31.0 Å². The Hall–Kier alpha value is -3.01. The van der Waals surface area contributed by atoms with Crippen LogP contribution in [-0.2, 0) is 11.3 Å². The molecule has 0 bridgehead atoms. The molecule has 0 unspecified atom stereocenters. The molecule has 0 atom stereocenters. The number of para-hydroxylation sites is 2. The van der Waals surface area contributed by atoms with Crippen LogP contribution in [0.4, 0.5) is 5.82 Å². The first-order valence-corrected chi connectivity index (χ1v) is 12.3. The second kappa shape index (κ2) is 11.2. The molecule has 3 heterocycles. The number of hydrogen-bond donors (Lipinski definition) is 1. The first-order chi connectivity index (χ1) is 16.2. The molecular weight excluding hydrogens is 440 g/mol. The summed E-state index contributed by atoms with van der Waals surface area (Å²) >= 11 is 1.67. The second-order valence-corrected chi connectivity index (χ2v) is 8.83. The van der Waals surface area contributed by atoms with Crippen molar-refractivity contribution in [3.63, 3.8) is 0 Å². The third-order valence-corrected chi connectivity index (χ3v) is 6.42. The Morgan fingerprint density at radius 2 is 1.97 bits per heavy atom. The lowest BCUT2D eigenvalue weighted by Crippen LogP contribution is -2.31. The zero-order valence-corrected chi connectivity index (χ0v) is 19.9. The zero-order chi connectivity index (χ0) is 23.0. The molecule has 1 fully saturated rings. The molecule has 1 aliphatic rings. The molecule has 1 aliphatic heterocycles. The predicted octanol–water partition coefficient (Wildman–Crippen LogP) is 3.13. The molecule has 1 amide bonds. The van der Waals surface area contributed by atoms with E-state index in [1.807, 2.05) is 23.0 Å². The minimum absolute atomic E-state index is 0.0840. The maximum atomic E-state index is 12.3. The third kappa shape index (κ3) is 5.68. The number of thioether (sulfide) groups is 1. The van der Waals surface area contributed by atoms with Crippen LogP contribution in [0.5, 0.6) is 11.5 Å². The normalized spacial score (nSPS) is 13.5. The summed E-state index contributed by atoms with van der Waals surface area (Å²) in [7, 11) is 1.57. The molecule has 9 nitrogen and oxygen atoms in total. The Morgan fingerprint density at radius 3 is 2.73 bits per heavy atom. The van der Waals surface area contributed by atoms with Gasteiger partial charge in [-0.05, 0) is 31.4 Å². The maximum Gasteiger partial charge on any atom is 0.258 e. The van der Waals surface area contributed by atoms with E-state index >= 15 is 0 Å². The summed E-state index contributed by atoms with van der Waals surface area (Å²) in [6, 6.07) is 7.25. The van der Waals surface area contributed by atoms with Crippen molar-refractivity contribution in [1.82, 2.24) is 25.1 Å². The van der Waals surface area contributed by atoms with E-state index < -0.39 is 0 Å². The fourth-order valence-corrected chi connectivity index (χ4v) is 4.43. The zero-order valence-electron chi connectivity index (χ0n) is 19.1. The summed E-state index contributed by atoms with van der Waals surface area (Å²) in [5.74, 6) is 2.87. The number of carbonyl (C=O) groups excluding carboxylic acids is 1. The number of anilines is 1. The van der Waals surface area contributed by atoms with E-state index in [9.17, 15) is 4.79 Å². The number of nitrogens with one attached hydrogen (secondary N) is 1. The van der Waals surface area contributed by atoms with Crippen molar-refractivity contribution in [1.29, 1.82) is 0 Å². The van der Waals surface area contributed by atoms with E-state index in [1.165, 1.54) is 12.8 Å². The lowest BCUT2D eigenvalue weighted by molar-refractivity contribution is -0.123. The summed E-state index contributed by atoms with van der Waals surface area (Å²) in [6.07, 6.45) is 5.26. The van der Waals surface area contributed by atoms with Crippen LogP contribution in [-0.4, -0.2) is 64.8 Å². The molecule has 10 heteroatoms. The first kappa shape index (κ1) is 23.2. The van der Waals surface area contributed by atoms with Crippen LogP contribution < -0.4 is 19.7 Å². The summed E-state index contributed by atoms with van der Waals surface area (Å²) in [6.45, 7) is 5.02. The lowest BCUT2D eigenvalue weighted by atomic mass is 10.3. The van der Waals surface area contributed by atoms with Crippen LogP contribution in [0.2, 0.25) is 0 Å². The van der Waals surface area contributed by atoms with E-state index in [0.29, 0.717) is 24.6 Å². The van der Waals surface area contributed by atoms with Gasteiger partial charge in [-0.1, -0.05) is 30.8 Å². The van der Waals surface area contributed by atoms with E-state index in [4.69, 9.17) is 19.4 Å². The highest BCUT2D eigenvalue weighted by atomic mass is 32.2. The molecule has 0 saturated carbocycles. The third-order valence-electron chi connectivity index (χ3n) is 5.37. The average Bonchev–Trinajstić information content (AvgIpc) is 3.52. The number of hydrogen-bond acceptors (Lipinski definition) is 8. The fraction of sp³-hybridized carbons (Fsp3) is 0.478. The van der Waals surface area contributed by atoms with Gasteiger partial charge in [0.05, 0.1) is 25.2 Å². The molecule has 1 N–H and O–H groups in total. The van der Waals surface area contributed by atoms with Gasteiger partial charge in [-0.25, -0.2) is 14.6 Å². The number of methoxy groups -OCH3 is 1. The largest absolute Gasteiger partial charge is 0.493 e. The van der Waals surface area contributed by atoms with Gasteiger partial charge in [0.1, 0.15) is 5.82 Å². The Balaban J connectivity index is 1.39. The number of carbonyl (C=O) groups is 1. The van der Waals surface area contributed by atoms with Crippen molar-refractivity contribution < 1.29 is 14.3 Å². The molecule has 1 saturated heterocycles. The average molecular weight is 471 g/mol. The molecule has 0 spiro atoms. The number of aromatic nitrogens is 4. The quantitative estimate of drug-likeness (QED) is 0.337. The van der Waals surface area contributed by atoms with Gasteiger partial charge in [-0.3, -0.25) is 4.79 Å². The van der Waals surface area contributed by atoms with Crippen LogP contribution in [0.15, 0.2) is 35.6 Å². The van der Waals surface area contributed by atoms with Gasteiger partial charge in [0.25, 0.3) is 5.91 Å². The van der Waals surface area contributed by atoms with Gasteiger partial charge in [-0.2, -0.15) is 5.10 Å². The summed E-state index contributed by atoms with van der Waals surface area (Å²) < 4.78 is 12.7. The van der Waals surface area contributed by atoms with Crippen molar-refractivity contribution in [2.75, 3.05) is 44.0 Å².